The summed E-state index contributed by atoms with van der Waals surface area (Å²) in [6.07, 6.45) is 2.54. The molecular weight excluding hydrogens is 306 g/mol. The van der Waals surface area contributed by atoms with Crippen LogP contribution in [0.15, 0.2) is 36.5 Å². The van der Waals surface area contributed by atoms with Crippen molar-refractivity contribution in [3.8, 4) is 0 Å². The number of hydrogen-bond donors (Lipinski definition) is 1. The van der Waals surface area contributed by atoms with Crippen LogP contribution in [0.25, 0.3) is 0 Å². The van der Waals surface area contributed by atoms with Gasteiger partial charge in [-0.2, -0.15) is 5.10 Å². The molecule has 0 fully saturated rings. The molecule has 1 aromatic heterocycles. The minimum atomic E-state index is -0.0386. The van der Waals surface area contributed by atoms with Crippen LogP contribution >= 0.6 is 15.9 Å². The first-order valence-electron chi connectivity index (χ1n) is 6.10. The molecule has 1 aromatic carbocycles. The van der Waals surface area contributed by atoms with Crippen LogP contribution in [0.1, 0.15) is 21.6 Å². The van der Waals surface area contributed by atoms with Crippen molar-refractivity contribution in [3.63, 3.8) is 0 Å². The van der Waals surface area contributed by atoms with E-state index < -0.39 is 0 Å². The highest BCUT2D eigenvalue weighted by molar-refractivity contribution is 9.08. The van der Waals surface area contributed by atoms with Crippen LogP contribution < -0.4 is 5.32 Å². The molecule has 0 unspecified atom stereocenters. The standard InChI is InChI=1S/C14H16BrN3O/c1-18-13(7-9-17-18)6-8-16-14(19)12-4-2-11(10-15)3-5-12/h2-5,7,9H,6,8,10H2,1H3,(H,16,19). The fourth-order valence-electron chi connectivity index (χ4n) is 1.80. The lowest BCUT2D eigenvalue weighted by Crippen LogP contribution is -2.26. The van der Waals surface area contributed by atoms with Crippen molar-refractivity contribution in [2.24, 2.45) is 7.05 Å². The van der Waals surface area contributed by atoms with Gasteiger partial charge in [-0.25, -0.2) is 0 Å². The molecular formula is C14H16BrN3O. The van der Waals surface area contributed by atoms with E-state index in [0.29, 0.717) is 12.1 Å². The number of carbonyl (C=O) groups excluding carboxylic acids is 1. The maximum absolute atomic E-state index is 11.9. The highest BCUT2D eigenvalue weighted by atomic mass is 79.9. The quantitative estimate of drug-likeness (QED) is 0.859. The molecule has 2 aromatic rings. The smallest absolute Gasteiger partial charge is 0.251 e. The van der Waals surface area contributed by atoms with E-state index in [2.05, 4.69) is 26.3 Å². The first-order chi connectivity index (χ1) is 9.20. The van der Waals surface area contributed by atoms with Crippen LogP contribution in [0, 0.1) is 0 Å². The zero-order valence-electron chi connectivity index (χ0n) is 10.8. The summed E-state index contributed by atoms with van der Waals surface area (Å²) in [7, 11) is 1.90. The molecule has 0 aliphatic carbocycles. The van der Waals surface area contributed by atoms with Gasteiger partial charge in [0.2, 0.25) is 0 Å². The minimum absolute atomic E-state index is 0.0386. The number of carbonyl (C=O) groups is 1. The Kier molecular flexibility index (Phi) is 4.74. The van der Waals surface area contributed by atoms with Crippen LogP contribution in [0.2, 0.25) is 0 Å². The zero-order chi connectivity index (χ0) is 13.7. The summed E-state index contributed by atoms with van der Waals surface area (Å²) in [5.41, 5.74) is 2.95. The van der Waals surface area contributed by atoms with E-state index in [1.807, 2.05) is 42.1 Å². The van der Waals surface area contributed by atoms with Gasteiger partial charge in [-0.3, -0.25) is 9.48 Å². The van der Waals surface area contributed by atoms with Crippen LogP contribution in [-0.2, 0) is 18.8 Å². The molecule has 0 aliphatic heterocycles. The fraction of sp³-hybridized carbons (Fsp3) is 0.286. The van der Waals surface area contributed by atoms with E-state index in [1.165, 1.54) is 0 Å². The number of amides is 1. The molecule has 0 aliphatic rings. The monoisotopic (exact) mass is 321 g/mol. The van der Waals surface area contributed by atoms with Crippen LogP contribution in [0.3, 0.4) is 0 Å². The van der Waals surface area contributed by atoms with Crippen molar-refractivity contribution < 1.29 is 4.79 Å². The molecule has 0 radical (unpaired) electrons. The number of nitrogens with one attached hydrogen (secondary N) is 1. The Hall–Kier alpha value is -1.62. The fourth-order valence-corrected chi connectivity index (χ4v) is 2.17. The Balaban J connectivity index is 1.85. The second-order valence-corrected chi connectivity index (χ2v) is 4.84. The number of aromatic nitrogens is 2. The Morgan fingerprint density at radius 3 is 2.63 bits per heavy atom. The second kappa shape index (κ2) is 6.52. The summed E-state index contributed by atoms with van der Waals surface area (Å²) in [5.74, 6) is -0.0386. The normalized spacial score (nSPS) is 10.4. The number of aryl methyl sites for hydroxylation is 1. The van der Waals surface area contributed by atoms with E-state index in [4.69, 9.17) is 0 Å². The third kappa shape index (κ3) is 3.67. The van der Waals surface area contributed by atoms with E-state index >= 15 is 0 Å². The van der Waals surface area contributed by atoms with Gasteiger partial charge in [0, 0.05) is 42.8 Å². The Morgan fingerprint density at radius 2 is 2.05 bits per heavy atom. The van der Waals surface area contributed by atoms with Crippen molar-refractivity contribution in [2.75, 3.05) is 6.54 Å². The lowest BCUT2D eigenvalue weighted by molar-refractivity contribution is 0.0954. The molecule has 0 spiro atoms. The summed E-state index contributed by atoms with van der Waals surface area (Å²) < 4.78 is 1.82. The van der Waals surface area contributed by atoms with Crippen molar-refractivity contribution in [1.29, 1.82) is 0 Å². The molecule has 1 heterocycles. The van der Waals surface area contributed by atoms with Crippen LogP contribution in [0.4, 0.5) is 0 Å². The number of benzene rings is 1. The highest BCUT2D eigenvalue weighted by Gasteiger charge is 2.05. The predicted octanol–water partition coefficient (Wildman–Crippen LogP) is 2.29. The second-order valence-electron chi connectivity index (χ2n) is 4.28. The summed E-state index contributed by atoms with van der Waals surface area (Å²) in [6.45, 7) is 0.610. The van der Waals surface area contributed by atoms with Gasteiger partial charge in [-0.15, -0.1) is 0 Å². The maximum Gasteiger partial charge on any atom is 0.251 e. The molecule has 0 bridgehead atoms. The summed E-state index contributed by atoms with van der Waals surface area (Å²) in [5, 5.41) is 7.80. The van der Waals surface area contributed by atoms with Crippen LogP contribution in [0.5, 0.6) is 0 Å². The number of nitrogens with zero attached hydrogens (tertiary/aromatic N) is 2. The van der Waals surface area contributed by atoms with Crippen molar-refractivity contribution in [3.05, 3.63) is 53.3 Å². The Bertz CT molecular complexity index is 548. The molecule has 100 valence electrons. The molecule has 19 heavy (non-hydrogen) atoms. The van der Waals surface area contributed by atoms with Gasteiger partial charge in [-0.05, 0) is 23.8 Å². The average Bonchev–Trinajstić information content (AvgIpc) is 2.84. The average molecular weight is 322 g/mol. The Labute approximate surface area is 120 Å². The first-order valence-corrected chi connectivity index (χ1v) is 7.23. The molecule has 5 heteroatoms. The number of alkyl halides is 1. The summed E-state index contributed by atoms with van der Waals surface area (Å²) >= 11 is 3.38. The van der Waals surface area contributed by atoms with Crippen LogP contribution in [-0.4, -0.2) is 22.2 Å². The maximum atomic E-state index is 11.9. The van der Waals surface area contributed by atoms with Crippen molar-refractivity contribution >= 4 is 21.8 Å². The van der Waals surface area contributed by atoms with Gasteiger partial charge < -0.3 is 5.32 Å². The van der Waals surface area contributed by atoms with Gasteiger partial charge in [0.1, 0.15) is 0 Å². The third-order valence-electron chi connectivity index (χ3n) is 2.96. The van der Waals surface area contributed by atoms with Gasteiger partial charge in [-0.1, -0.05) is 28.1 Å². The lowest BCUT2D eigenvalue weighted by atomic mass is 10.1. The van der Waals surface area contributed by atoms with Crippen molar-refractivity contribution in [2.45, 2.75) is 11.8 Å². The predicted molar refractivity (Wildman–Crippen MR) is 78.3 cm³/mol. The van der Waals surface area contributed by atoms with Gasteiger partial charge in [0.15, 0.2) is 0 Å². The minimum Gasteiger partial charge on any atom is -0.352 e. The van der Waals surface area contributed by atoms with Crippen molar-refractivity contribution in [1.82, 2.24) is 15.1 Å². The molecule has 0 atom stereocenters. The largest absolute Gasteiger partial charge is 0.352 e. The lowest BCUT2D eigenvalue weighted by Gasteiger charge is -2.06. The topological polar surface area (TPSA) is 46.9 Å². The first kappa shape index (κ1) is 13.8. The summed E-state index contributed by atoms with van der Waals surface area (Å²) in [6, 6.07) is 9.54. The Morgan fingerprint density at radius 1 is 1.32 bits per heavy atom. The van der Waals surface area contributed by atoms with Gasteiger partial charge in [0.25, 0.3) is 5.91 Å². The highest BCUT2D eigenvalue weighted by Crippen LogP contribution is 2.07. The van der Waals surface area contributed by atoms with E-state index in [9.17, 15) is 4.79 Å². The molecule has 1 N–H and O–H groups in total. The SMILES string of the molecule is Cn1nccc1CCNC(=O)c1ccc(CBr)cc1. The zero-order valence-corrected chi connectivity index (χ0v) is 12.4. The van der Waals surface area contributed by atoms with Gasteiger partial charge >= 0.3 is 0 Å². The number of halogens is 1. The molecule has 2 rings (SSSR count). The molecule has 0 saturated carbocycles. The summed E-state index contributed by atoms with van der Waals surface area (Å²) in [4.78, 5) is 11.9. The van der Waals surface area contributed by atoms with Gasteiger partial charge in [0.05, 0.1) is 0 Å². The molecule has 1 amide bonds. The van der Waals surface area contributed by atoms with E-state index in [-0.39, 0.29) is 5.91 Å². The van der Waals surface area contributed by atoms with E-state index in [1.54, 1.807) is 6.20 Å². The molecule has 0 saturated heterocycles. The third-order valence-corrected chi connectivity index (χ3v) is 3.61. The van der Waals surface area contributed by atoms with E-state index in [0.717, 1.165) is 23.0 Å². The number of hydrogen-bond acceptors (Lipinski definition) is 2. The number of rotatable bonds is 5. The molecule has 4 nitrogen and oxygen atoms in total.